The number of aliphatic hydroxyl groups excluding tert-OH is 1. The first-order chi connectivity index (χ1) is 13.6. The topological polar surface area (TPSA) is 77.0 Å². The maximum Gasteiger partial charge on any atom is 0.224 e. The Kier molecular flexibility index (Phi) is 12.1. The highest BCUT2D eigenvalue weighted by Crippen LogP contribution is 2.30. The van der Waals surface area contributed by atoms with Crippen molar-refractivity contribution in [2.24, 2.45) is 10.4 Å². The van der Waals surface area contributed by atoms with Gasteiger partial charge in [0.15, 0.2) is 5.96 Å². The van der Waals surface area contributed by atoms with E-state index in [0.717, 1.165) is 51.3 Å². The van der Waals surface area contributed by atoms with Crippen molar-refractivity contribution < 1.29 is 9.90 Å². The van der Waals surface area contributed by atoms with Crippen LogP contribution < -0.4 is 10.6 Å². The Hall–Kier alpha value is -0.870. The molecule has 0 aliphatic carbocycles. The number of guanidine groups is 1. The van der Waals surface area contributed by atoms with Crippen LogP contribution in [0.1, 0.15) is 56.9 Å². The van der Waals surface area contributed by atoms with Gasteiger partial charge >= 0.3 is 0 Å². The van der Waals surface area contributed by atoms with Gasteiger partial charge in [0.05, 0.1) is 0 Å². The van der Waals surface area contributed by atoms with Crippen molar-refractivity contribution in [1.82, 2.24) is 15.5 Å². The van der Waals surface area contributed by atoms with Crippen molar-refractivity contribution >= 4 is 47.2 Å². The third-order valence-electron chi connectivity index (χ3n) is 5.85. The van der Waals surface area contributed by atoms with E-state index in [1.165, 1.54) is 10.4 Å². The minimum atomic E-state index is 0. The number of halogens is 1. The van der Waals surface area contributed by atoms with Crippen LogP contribution in [0.4, 0.5) is 0 Å². The molecular formula is C21H37IN4O2S. The molecule has 2 rings (SSSR count). The third-order valence-corrected chi connectivity index (χ3v) is 6.87. The summed E-state index contributed by atoms with van der Waals surface area (Å²) in [5.74, 6) is 0.940. The van der Waals surface area contributed by atoms with Gasteiger partial charge in [0, 0.05) is 50.6 Å². The molecular weight excluding hydrogens is 499 g/mol. The van der Waals surface area contributed by atoms with E-state index >= 15 is 0 Å². The molecule has 0 fully saturated rings. The summed E-state index contributed by atoms with van der Waals surface area (Å²) in [5.41, 5.74) is 1.34. The van der Waals surface area contributed by atoms with E-state index in [1.54, 1.807) is 11.3 Å². The fourth-order valence-electron chi connectivity index (χ4n) is 3.64. The lowest BCUT2D eigenvalue weighted by Crippen LogP contribution is -2.41. The normalized spacial score (nSPS) is 14.2. The van der Waals surface area contributed by atoms with E-state index in [2.05, 4.69) is 35.9 Å². The summed E-state index contributed by atoms with van der Waals surface area (Å²) in [7, 11) is 0. The van der Waals surface area contributed by atoms with Crippen molar-refractivity contribution in [2.45, 2.75) is 59.4 Å². The maximum atomic E-state index is 12.6. The second-order valence-corrected chi connectivity index (χ2v) is 8.49. The number of hydrogen-bond acceptors (Lipinski definition) is 4. The summed E-state index contributed by atoms with van der Waals surface area (Å²) in [4.78, 5) is 20.7. The van der Waals surface area contributed by atoms with Crippen LogP contribution in [-0.4, -0.2) is 54.7 Å². The summed E-state index contributed by atoms with van der Waals surface area (Å²) >= 11 is 1.79. The van der Waals surface area contributed by atoms with Gasteiger partial charge in [-0.3, -0.25) is 9.79 Å². The zero-order valence-electron chi connectivity index (χ0n) is 18.0. The lowest BCUT2D eigenvalue weighted by atomic mass is 9.79. The molecule has 0 radical (unpaired) electrons. The van der Waals surface area contributed by atoms with Gasteiger partial charge in [-0.1, -0.05) is 13.8 Å². The zero-order valence-corrected chi connectivity index (χ0v) is 21.1. The molecule has 6 nitrogen and oxygen atoms in total. The highest BCUT2D eigenvalue weighted by Gasteiger charge is 2.25. The molecule has 166 valence electrons. The quantitative estimate of drug-likeness (QED) is 0.244. The summed E-state index contributed by atoms with van der Waals surface area (Å²) in [5, 5.41) is 18.1. The van der Waals surface area contributed by atoms with E-state index in [1.807, 2.05) is 11.8 Å². The molecule has 2 heterocycles. The van der Waals surface area contributed by atoms with Crippen molar-refractivity contribution in [3.8, 4) is 0 Å². The first-order valence-electron chi connectivity index (χ1n) is 10.5. The first kappa shape index (κ1) is 26.2. The van der Waals surface area contributed by atoms with Crippen LogP contribution in [0, 0.1) is 5.41 Å². The predicted molar refractivity (Wildman–Crippen MR) is 132 cm³/mol. The number of nitrogens with zero attached hydrogens (tertiary/aromatic N) is 2. The Morgan fingerprint density at radius 3 is 2.72 bits per heavy atom. The van der Waals surface area contributed by atoms with Crippen LogP contribution in [0.5, 0.6) is 0 Å². The van der Waals surface area contributed by atoms with Crippen LogP contribution in [0.15, 0.2) is 16.4 Å². The Balaban J connectivity index is 0.00000420. The number of hydrogen-bond donors (Lipinski definition) is 3. The Labute approximate surface area is 196 Å². The number of nitrogens with one attached hydrogen (secondary N) is 2. The molecule has 1 aromatic rings. The van der Waals surface area contributed by atoms with E-state index in [4.69, 9.17) is 4.99 Å². The van der Waals surface area contributed by atoms with E-state index in [0.29, 0.717) is 19.5 Å². The van der Waals surface area contributed by atoms with Crippen LogP contribution in [0.2, 0.25) is 0 Å². The lowest BCUT2D eigenvalue weighted by Gasteiger charge is -2.29. The van der Waals surface area contributed by atoms with Gasteiger partial charge < -0.3 is 20.6 Å². The molecule has 0 unspecified atom stereocenters. The second-order valence-electron chi connectivity index (χ2n) is 7.49. The first-order valence-corrected chi connectivity index (χ1v) is 11.4. The molecule has 0 bridgehead atoms. The Morgan fingerprint density at radius 1 is 1.31 bits per heavy atom. The summed E-state index contributed by atoms with van der Waals surface area (Å²) < 4.78 is 0. The smallest absolute Gasteiger partial charge is 0.224 e. The largest absolute Gasteiger partial charge is 0.396 e. The molecule has 0 saturated carbocycles. The number of fused-ring (bicyclic) bond motifs is 1. The summed E-state index contributed by atoms with van der Waals surface area (Å²) in [6, 6.07) is 2.13. The van der Waals surface area contributed by atoms with Crippen molar-refractivity contribution in [3.63, 3.8) is 0 Å². The minimum Gasteiger partial charge on any atom is -0.396 e. The summed E-state index contributed by atoms with van der Waals surface area (Å²) in [6.07, 6.45) is 4.18. The number of carbonyl (C=O) groups is 1. The molecule has 29 heavy (non-hydrogen) atoms. The Bertz CT molecular complexity index is 646. The highest BCUT2D eigenvalue weighted by molar-refractivity contribution is 14.0. The third kappa shape index (κ3) is 7.71. The number of amides is 1. The van der Waals surface area contributed by atoms with Crippen LogP contribution >= 0.6 is 35.3 Å². The molecule has 0 saturated heterocycles. The summed E-state index contributed by atoms with van der Waals surface area (Å²) in [6.45, 7) is 10.1. The van der Waals surface area contributed by atoms with Gasteiger partial charge in [-0.15, -0.1) is 35.3 Å². The minimum absolute atomic E-state index is 0. The second kappa shape index (κ2) is 13.4. The average molecular weight is 537 g/mol. The van der Waals surface area contributed by atoms with Gasteiger partial charge in [0.25, 0.3) is 0 Å². The predicted octanol–water partition coefficient (Wildman–Crippen LogP) is 3.38. The molecule has 1 amide bonds. The zero-order chi connectivity index (χ0) is 20.4. The SMILES string of the molecule is CCNC(=NCC(CC)(CC)CCO)NCCC(=O)N1CCc2sccc2C1.I. The van der Waals surface area contributed by atoms with Crippen LogP contribution in [0.3, 0.4) is 0 Å². The number of rotatable bonds is 10. The highest BCUT2D eigenvalue weighted by atomic mass is 127. The molecule has 8 heteroatoms. The fourth-order valence-corrected chi connectivity index (χ4v) is 4.53. The molecule has 0 aromatic carbocycles. The van der Waals surface area contributed by atoms with Crippen molar-refractivity contribution in [2.75, 3.05) is 32.8 Å². The monoisotopic (exact) mass is 536 g/mol. The maximum absolute atomic E-state index is 12.6. The number of aliphatic hydroxyl groups is 1. The standard InChI is InChI=1S/C21H36N4O2S.HI/c1-4-21(5-2,10-13-26)16-24-20(22-6-3)23-11-7-19(27)25-12-8-18-17(15-25)9-14-28-18;/h9,14,26H,4-8,10-13,15-16H2,1-3H3,(H2,22,23,24);1H. The molecule has 1 aromatic heterocycles. The van der Waals surface area contributed by atoms with Gasteiger partial charge in [0.2, 0.25) is 5.91 Å². The molecule has 0 spiro atoms. The molecule has 1 aliphatic heterocycles. The molecule has 3 N–H and O–H groups in total. The van der Waals surface area contributed by atoms with Crippen LogP contribution in [-0.2, 0) is 17.8 Å². The van der Waals surface area contributed by atoms with E-state index in [-0.39, 0.29) is 41.9 Å². The molecule has 1 aliphatic rings. The van der Waals surface area contributed by atoms with Crippen molar-refractivity contribution in [3.05, 3.63) is 21.9 Å². The number of carbonyl (C=O) groups excluding carboxylic acids is 1. The van der Waals surface area contributed by atoms with Crippen LogP contribution in [0.25, 0.3) is 0 Å². The van der Waals surface area contributed by atoms with E-state index in [9.17, 15) is 9.90 Å². The van der Waals surface area contributed by atoms with E-state index < -0.39 is 0 Å². The average Bonchev–Trinajstić information content (AvgIpc) is 3.18. The van der Waals surface area contributed by atoms with Gasteiger partial charge in [-0.25, -0.2) is 0 Å². The van der Waals surface area contributed by atoms with Gasteiger partial charge in [-0.05, 0) is 55.0 Å². The lowest BCUT2D eigenvalue weighted by molar-refractivity contribution is -0.131. The Morgan fingerprint density at radius 2 is 2.07 bits per heavy atom. The fraction of sp³-hybridized carbons (Fsp3) is 0.714. The van der Waals surface area contributed by atoms with Crippen molar-refractivity contribution in [1.29, 1.82) is 0 Å². The molecule has 0 atom stereocenters. The number of thiophene rings is 1. The van der Waals surface area contributed by atoms with Gasteiger partial charge in [-0.2, -0.15) is 0 Å². The number of aliphatic imine (C=N–C) groups is 1. The van der Waals surface area contributed by atoms with Gasteiger partial charge in [0.1, 0.15) is 0 Å².